The van der Waals surface area contributed by atoms with Gasteiger partial charge >= 0.3 is 0 Å². The van der Waals surface area contributed by atoms with Crippen LogP contribution >= 0.6 is 0 Å². The number of nitrogens with one attached hydrogen (secondary N) is 1. The lowest BCUT2D eigenvalue weighted by Gasteiger charge is -2.23. The molecule has 0 aromatic heterocycles. The van der Waals surface area contributed by atoms with Gasteiger partial charge in [0, 0.05) is 5.54 Å². The van der Waals surface area contributed by atoms with E-state index in [0.29, 0.717) is 13.0 Å². The summed E-state index contributed by atoms with van der Waals surface area (Å²) in [6, 6.07) is -0.402. The van der Waals surface area contributed by atoms with E-state index in [1.807, 2.05) is 20.8 Å². The third-order valence-corrected chi connectivity index (χ3v) is 1.80. The Morgan fingerprint density at radius 2 is 1.93 bits per heavy atom. The Hall–Kier alpha value is -0.610. The third-order valence-electron chi connectivity index (χ3n) is 1.80. The number of rotatable bonds is 5. The number of amides is 1. The van der Waals surface area contributed by atoms with Crippen LogP contribution in [0, 0.1) is 0 Å². The van der Waals surface area contributed by atoms with Crippen LogP contribution in [-0.2, 0) is 4.79 Å². The molecule has 0 aromatic carbocycles. The number of unbranched alkanes of at least 4 members (excludes halogenated alkanes) is 1. The molecule has 4 nitrogen and oxygen atoms in total. The van der Waals surface area contributed by atoms with Crippen molar-refractivity contribution in [3.05, 3.63) is 0 Å². The third kappa shape index (κ3) is 6.86. The van der Waals surface area contributed by atoms with Crippen molar-refractivity contribution in [2.24, 2.45) is 11.5 Å². The second kappa shape index (κ2) is 5.98. The molecule has 0 saturated carbocycles. The van der Waals surface area contributed by atoms with Crippen molar-refractivity contribution >= 4 is 5.91 Å². The molecule has 1 atom stereocenters. The summed E-state index contributed by atoms with van der Waals surface area (Å²) in [5, 5.41) is 2.85. The second-order valence-corrected chi connectivity index (χ2v) is 4.63. The zero-order chi connectivity index (χ0) is 11.2. The van der Waals surface area contributed by atoms with Gasteiger partial charge in [-0.2, -0.15) is 0 Å². The molecule has 0 rings (SSSR count). The lowest BCUT2D eigenvalue weighted by molar-refractivity contribution is -0.123. The van der Waals surface area contributed by atoms with Crippen LogP contribution in [0.4, 0.5) is 0 Å². The fourth-order valence-electron chi connectivity index (χ4n) is 1.10. The number of hydrogen-bond donors (Lipinski definition) is 3. The minimum Gasteiger partial charge on any atom is -0.350 e. The molecule has 5 N–H and O–H groups in total. The zero-order valence-electron chi connectivity index (χ0n) is 9.47. The Labute approximate surface area is 86.4 Å². The summed E-state index contributed by atoms with van der Waals surface area (Å²) in [6.45, 7) is 6.49. The van der Waals surface area contributed by atoms with Crippen molar-refractivity contribution in [3.63, 3.8) is 0 Å². The lowest BCUT2D eigenvalue weighted by atomic mass is 10.1. The summed E-state index contributed by atoms with van der Waals surface area (Å²) in [7, 11) is 0. The van der Waals surface area contributed by atoms with Crippen molar-refractivity contribution in [1.82, 2.24) is 5.32 Å². The Kier molecular flexibility index (Phi) is 5.72. The molecule has 0 aromatic rings. The fraction of sp³-hybridized carbons (Fsp3) is 0.900. The number of hydrogen-bond acceptors (Lipinski definition) is 3. The first-order valence-corrected chi connectivity index (χ1v) is 5.14. The van der Waals surface area contributed by atoms with Crippen molar-refractivity contribution in [2.45, 2.75) is 51.6 Å². The Balaban J connectivity index is 3.77. The molecule has 0 aliphatic carbocycles. The highest BCUT2D eigenvalue weighted by Crippen LogP contribution is 2.02. The van der Waals surface area contributed by atoms with Gasteiger partial charge < -0.3 is 16.8 Å². The van der Waals surface area contributed by atoms with E-state index in [-0.39, 0.29) is 11.4 Å². The monoisotopic (exact) mass is 201 g/mol. The van der Waals surface area contributed by atoms with Crippen LogP contribution < -0.4 is 16.8 Å². The maximum atomic E-state index is 11.5. The quantitative estimate of drug-likeness (QED) is 0.562. The van der Waals surface area contributed by atoms with E-state index in [2.05, 4.69) is 5.32 Å². The molecular weight excluding hydrogens is 178 g/mol. The molecule has 14 heavy (non-hydrogen) atoms. The van der Waals surface area contributed by atoms with E-state index in [1.165, 1.54) is 0 Å². The molecule has 0 radical (unpaired) electrons. The normalized spacial score (nSPS) is 13.8. The molecule has 0 fully saturated rings. The summed E-state index contributed by atoms with van der Waals surface area (Å²) in [4.78, 5) is 11.5. The number of carbonyl (C=O) groups excluding carboxylic acids is 1. The predicted molar refractivity (Wildman–Crippen MR) is 58.8 cm³/mol. The summed E-state index contributed by atoms with van der Waals surface area (Å²) in [5.74, 6) is -0.0745. The largest absolute Gasteiger partial charge is 0.350 e. The van der Waals surface area contributed by atoms with Crippen LogP contribution in [0.25, 0.3) is 0 Å². The van der Waals surface area contributed by atoms with Crippen LogP contribution in [-0.4, -0.2) is 24.0 Å². The smallest absolute Gasteiger partial charge is 0.237 e. The molecule has 4 heteroatoms. The first-order chi connectivity index (χ1) is 6.37. The molecule has 0 heterocycles. The van der Waals surface area contributed by atoms with E-state index < -0.39 is 6.04 Å². The van der Waals surface area contributed by atoms with Gasteiger partial charge in [0.25, 0.3) is 0 Å². The summed E-state index contributed by atoms with van der Waals surface area (Å²) >= 11 is 0. The lowest BCUT2D eigenvalue weighted by Crippen LogP contribution is -2.48. The summed E-state index contributed by atoms with van der Waals surface area (Å²) in [5.41, 5.74) is 10.9. The molecule has 0 aliphatic rings. The van der Waals surface area contributed by atoms with Gasteiger partial charge in [0.2, 0.25) is 5.91 Å². The molecular formula is C10H23N3O. The maximum absolute atomic E-state index is 11.5. The molecule has 1 unspecified atom stereocenters. The van der Waals surface area contributed by atoms with E-state index in [4.69, 9.17) is 11.5 Å². The highest BCUT2D eigenvalue weighted by Gasteiger charge is 2.18. The minimum absolute atomic E-state index is 0.0745. The fourth-order valence-corrected chi connectivity index (χ4v) is 1.10. The van der Waals surface area contributed by atoms with E-state index >= 15 is 0 Å². The van der Waals surface area contributed by atoms with E-state index in [0.717, 1.165) is 12.8 Å². The van der Waals surface area contributed by atoms with E-state index in [9.17, 15) is 4.79 Å². The van der Waals surface area contributed by atoms with Crippen LogP contribution in [0.1, 0.15) is 40.0 Å². The average Bonchev–Trinajstić information content (AvgIpc) is 2.01. The van der Waals surface area contributed by atoms with Crippen LogP contribution in [0.5, 0.6) is 0 Å². The first-order valence-electron chi connectivity index (χ1n) is 5.14. The van der Waals surface area contributed by atoms with Gasteiger partial charge in [-0.15, -0.1) is 0 Å². The Morgan fingerprint density at radius 1 is 1.36 bits per heavy atom. The molecule has 84 valence electrons. The van der Waals surface area contributed by atoms with Gasteiger partial charge in [-0.25, -0.2) is 0 Å². The zero-order valence-corrected chi connectivity index (χ0v) is 9.47. The van der Waals surface area contributed by atoms with E-state index in [1.54, 1.807) is 0 Å². The second-order valence-electron chi connectivity index (χ2n) is 4.63. The molecule has 0 spiro atoms. The molecule has 0 aliphatic heterocycles. The van der Waals surface area contributed by atoms with Gasteiger partial charge in [0.15, 0.2) is 0 Å². The van der Waals surface area contributed by atoms with Gasteiger partial charge in [0.1, 0.15) is 0 Å². The van der Waals surface area contributed by atoms with Crippen LogP contribution in [0.3, 0.4) is 0 Å². The highest BCUT2D eigenvalue weighted by atomic mass is 16.2. The van der Waals surface area contributed by atoms with Crippen LogP contribution in [0.15, 0.2) is 0 Å². The molecule has 0 bridgehead atoms. The molecule has 0 saturated heterocycles. The van der Waals surface area contributed by atoms with Crippen LogP contribution in [0.2, 0.25) is 0 Å². The van der Waals surface area contributed by atoms with Crippen molar-refractivity contribution in [3.8, 4) is 0 Å². The SMILES string of the molecule is CC(C)(C)NC(=O)C(N)CCCCN. The van der Waals surface area contributed by atoms with Gasteiger partial charge in [0.05, 0.1) is 6.04 Å². The first kappa shape index (κ1) is 13.4. The van der Waals surface area contributed by atoms with Crippen molar-refractivity contribution in [1.29, 1.82) is 0 Å². The maximum Gasteiger partial charge on any atom is 0.237 e. The van der Waals surface area contributed by atoms with Gasteiger partial charge in [-0.3, -0.25) is 4.79 Å². The number of carbonyl (C=O) groups is 1. The average molecular weight is 201 g/mol. The molecule has 1 amide bonds. The van der Waals surface area contributed by atoms with Crippen molar-refractivity contribution < 1.29 is 4.79 Å². The Bertz CT molecular complexity index is 175. The van der Waals surface area contributed by atoms with Gasteiger partial charge in [-0.05, 0) is 40.2 Å². The highest BCUT2D eigenvalue weighted by molar-refractivity contribution is 5.82. The Morgan fingerprint density at radius 3 is 2.36 bits per heavy atom. The van der Waals surface area contributed by atoms with Gasteiger partial charge in [-0.1, -0.05) is 6.42 Å². The minimum atomic E-state index is -0.402. The topological polar surface area (TPSA) is 81.1 Å². The summed E-state index contributed by atoms with van der Waals surface area (Å²) < 4.78 is 0. The summed E-state index contributed by atoms with van der Waals surface area (Å²) in [6.07, 6.45) is 2.55. The number of nitrogens with two attached hydrogens (primary N) is 2. The standard InChI is InChI=1S/C10H23N3O/c1-10(2,3)13-9(14)8(12)6-4-5-7-11/h8H,4-7,11-12H2,1-3H3,(H,13,14). The predicted octanol–water partition coefficient (Wildman–Crippen LogP) is 0.357. The van der Waals surface area contributed by atoms with Crippen molar-refractivity contribution in [2.75, 3.05) is 6.54 Å².